The maximum Gasteiger partial charge on any atom is 0.336 e. The molecular formula is C21H22ClFNO2+. The summed E-state index contributed by atoms with van der Waals surface area (Å²) in [5.74, 6) is 0.102. The number of hydrogen-bond acceptors (Lipinski definition) is 2. The van der Waals surface area contributed by atoms with Crippen molar-refractivity contribution in [3.8, 4) is 0 Å². The van der Waals surface area contributed by atoms with Crippen molar-refractivity contribution in [3.63, 3.8) is 0 Å². The van der Waals surface area contributed by atoms with E-state index in [1.165, 1.54) is 18.2 Å². The Morgan fingerprint density at radius 3 is 2.50 bits per heavy atom. The highest BCUT2D eigenvalue weighted by molar-refractivity contribution is 6.32. The van der Waals surface area contributed by atoms with E-state index in [-0.39, 0.29) is 17.5 Å². The third-order valence-electron chi connectivity index (χ3n) is 4.67. The highest BCUT2D eigenvalue weighted by Crippen LogP contribution is 2.25. The second-order valence-corrected chi connectivity index (χ2v) is 7.36. The first-order valence-electron chi connectivity index (χ1n) is 8.67. The molecule has 2 aromatic carbocycles. The van der Waals surface area contributed by atoms with Gasteiger partial charge in [-0.3, -0.25) is 0 Å². The van der Waals surface area contributed by atoms with Gasteiger partial charge in [0.1, 0.15) is 24.0 Å². The van der Waals surface area contributed by atoms with Crippen LogP contribution in [0, 0.1) is 18.7 Å². The summed E-state index contributed by atoms with van der Waals surface area (Å²) in [6, 6.07) is 11.9. The first-order chi connectivity index (χ1) is 12.3. The van der Waals surface area contributed by atoms with Crippen molar-refractivity contribution in [3.05, 3.63) is 80.4 Å². The van der Waals surface area contributed by atoms with Crippen molar-refractivity contribution in [2.24, 2.45) is 5.92 Å². The highest BCUT2D eigenvalue weighted by Gasteiger charge is 2.20. The number of nitrogens with two attached hydrogens (primary N) is 1. The average molecular weight is 375 g/mol. The van der Waals surface area contributed by atoms with E-state index < -0.39 is 0 Å². The average Bonchev–Trinajstić information content (AvgIpc) is 2.58. The van der Waals surface area contributed by atoms with Crippen LogP contribution in [-0.4, -0.2) is 0 Å². The van der Waals surface area contributed by atoms with Gasteiger partial charge < -0.3 is 9.73 Å². The van der Waals surface area contributed by atoms with Gasteiger partial charge in [-0.2, -0.15) is 0 Å². The van der Waals surface area contributed by atoms with Crippen LogP contribution in [0.5, 0.6) is 0 Å². The van der Waals surface area contributed by atoms with E-state index in [2.05, 4.69) is 19.2 Å². The smallest absolute Gasteiger partial charge is 0.336 e. The minimum atomic E-state index is -0.370. The van der Waals surface area contributed by atoms with E-state index in [0.717, 1.165) is 22.1 Å². The van der Waals surface area contributed by atoms with Crippen LogP contribution in [0.4, 0.5) is 4.39 Å². The number of rotatable bonds is 5. The molecule has 0 saturated heterocycles. The molecule has 1 heterocycles. The quantitative estimate of drug-likeness (QED) is 0.675. The lowest BCUT2D eigenvalue weighted by Gasteiger charge is -2.20. The van der Waals surface area contributed by atoms with Crippen molar-refractivity contribution in [1.29, 1.82) is 0 Å². The Hall–Kier alpha value is -2.17. The molecule has 0 radical (unpaired) electrons. The molecule has 0 spiro atoms. The summed E-state index contributed by atoms with van der Waals surface area (Å²) in [6.07, 6.45) is 0. The molecule has 3 aromatic rings. The molecule has 0 aliphatic rings. The maximum absolute atomic E-state index is 13.2. The van der Waals surface area contributed by atoms with Gasteiger partial charge in [0.25, 0.3) is 0 Å². The molecule has 0 aliphatic heterocycles. The van der Waals surface area contributed by atoms with Crippen LogP contribution in [0.1, 0.15) is 36.6 Å². The van der Waals surface area contributed by atoms with Crippen molar-refractivity contribution in [1.82, 2.24) is 0 Å². The number of hydrogen-bond donors (Lipinski definition) is 1. The Labute approximate surface area is 156 Å². The van der Waals surface area contributed by atoms with Crippen molar-refractivity contribution >= 4 is 22.6 Å². The number of halogens is 2. The summed E-state index contributed by atoms with van der Waals surface area (Å²) in [4.78, 5) is 11.9. The lowest BCUT2D eigenvalue weighted by Crippen LogP contribution is -2.84. The monoisotopic (exact) mass is 374 g/mol. The molecule has 0 saturated carbocycles. The summed E-state index contributed by atoms with van der Waals surface area (Å²) < 4.78 is 18.5. The Balaban J connectivity index is 1.93. The lowest BCUT2D eigenvalue weighted by atomic mass is 9.95. The van der Waals surface area contributed by atoms with Gasteiger partial charge in [-0.25, -0.2) is 9.18 Å². The van der Waals surface area contributed by atoms with Crippen molar-refractivity contribution in [2.45, 2.75) is 33.4 Å². The maximum atomic E-state index is 13.2. The molecule has 0 fully saturated rings. The molecule has 0 unspecified atom stereocenters. The zero-order valence-electron chi connectivity index (χ0n) is 15.1. The van der Waals surface area contributed by atoms with Crippen molar-refractivity contribution < 1.29 is 14.1 Å². The topological polar surface area (TPSA) is 46.8 Å². The predicted molar refractivity (Wildman–Crippen MR) is 102 cm³/mol. The zero-order valence-corrected chi connectivity index (χ0v) is 15.8. The minimum Gasteiger partial charge on any atom is -0.423 e. The summed E-state index contributed by atoms with van der Waals surface area (Å²) in [6.45, 7) is 6.73. The molecule has 3 nitrogen and oxygen atoms in total. The zero-order chi connectivity index (χ0) is 18.8. The molecule has 1 atom stereocenters. The van der Waals surface area contributed by atoms with Crippen LogP contribution in [-0.2, 0) is 6.54 Å². The van der Waals surface area contributed by atoms with Crippen LogP contribution < -0.4 is 10.9 Å². The van der Waals surface area contributed by atoms with Gasteiger partial charge >= 0.3 is 5.63 Å². The van der Waals surface area contributed by atoms with Gasteiger partial charge in [-0.1, -0.05) is 37.6 Å². The van der Waals surface area contributed by atoms with E-state index in [1.54, 1.807) is 6.07 Å². The van der Waals surface area contributed by atoms with Crippen LogP contribution in [0.3, 0.4) is 0 Å². The molecule has 3 rings (SSSR count). The molecule has 5 heteroatoms. The van der Waals surface area contributed by atoms with Crippen LogP contribution in [0.25, 0.3) is 11.0 Å². The number of quaternary nitrogens is 1. The Kier molecular flexibility index (Phi) is 5.44. The van der Waals surface area contributed by atoms with E-state index >= 15 is 0 Å². The van der Waals surface area contributed by atoms with E-state index in [1.807, 2.05) is 25.1 Å². The molecule has 26 heavy (non-hydrogen) atoms. The van der Waals surface area contributed by atoms with Gasteiger partial charge in [0.15, 0.2) is 0 Å². The largest absolute Gasteiger partial charge is 0.423 e. The van der Waals surface area contributed by atoms with Gasteiger partial charge in [0.05, 0.1) is 0 Å². The predicted octanol–water partition coefficient (Wildman–Crippen LogP) is 4.35. The fourth-order valence-electron chi connectivity index (χ4n) is 3.25. The summed E-state index contributed by atoms with van der Waals surface area (Å²) in [5, 5.41) is 3.66. The van der Waals surface area contributed by atoms with Gasteiger partial charge in [-0.05, 0) is 36.8 Å². The van der Waals surface area contributed by atoms with Gasteiger partial charge in [-0.15, -0.1) is 0 Å². The molecule has 2 N–H and O–H groups in total. The van der Waals surface area contributed by atoms with E-state index in [4.69, 9.17) is 16.0 Å². The Morgan fingerprint density at radius 1 is 1.15 bits per heavy atom. The number of benzene rings is 2. The fraction of sp³-hybridized carbons (Fsp3) is 0.286. The molecule has 0 aliphatic carbocycles. The third kappa shape index (κ3) is 3.97. The molecule has 136 valence electrons. The number of aryl methyl sites for hydroxylation is 1. The van der Waals surface area contributed by atoms with E-state index in [9.17, 15) is 9.18 Å². The molecule has 0 bridgehead atoms. The van der Waals surface area contributed by atoms with E-state index in [0.29, 0.717) is 23.1 Å². The lowest BCUT2D eigenvalue weighted by molar-refractivity contribution is -0.717. The first-order valence-corrected chi connectivity index (χ1v) is 9.04. The van der Waals surface area contributed by atoms with Crippen molar-refractivity contribution in [2.75, 3.05) is 0 Å². The first kappa shape index (κ1) is 18.6. The third-order valence-corrected chi connectivity index (χ3v) is 5.08. The van der Waals surface area contributed by atoms with Crippen LogP contribution in [0.2, 0.25) is 5.02 Å². The molecular weight excluding hydrogens is 353 g/mol. The molecule has 1 aromatic heterocycles. The normalized spacial score (nSPS) is 12.7. The Bertz CT molecular complexity index is 980. The summed E-state index contributed by atoms with van der Waals surface area (Å²) >= 11 is 6.26. The van der Waals surface area contributed by atoms with Crippen LogP contribution in [0.15, 0.2) is 51.7 Å². The fourth-order valence-corrected chi connectivity index (χ4v) is 3.41. The Morgan fingerprint density at radius 2 is 1.85 bits per heavy atom. The summed E-state index contributed by atoms with van der Waals surface area (Å²) in [7, 11) is 0. The standard InChI is InChI=1S/C21H21ClFNO2/c1-12(2)21(14-4-6-16(23)7-5-14)24-11-15-9-20(25)26-19-8-13(3)18(22)10-17(15)19/h4-10,12,21,24H,11H2,1-3H3/p+1/t21-/m0/s1. The highest BCUT2D eigenvalue weighted by atomic mass is 35.5. The second kappa shape index (κ2) is 7.60. The molecule has 0 amide bonds. The summed E-state index contributed by atoms with van der Waals surface area (Å²) in [5.41, 5.74) is 2.99. The minimum absolute atomic E-state index is 0.152. The SMILES string of the molecule is Cc1cc2oc(=O)cc(C[NH2+][C@H](c3ccc(F)cc3)C(C)C)c2cc1Cl. The van der Waals surface area contributed by atoms with Gasteiger partial charge in [0.2, 0.25) is 0 Å². The van der Waals surface area contributed by atoms with Gasteiger partial charge in [0, 0.05) is 33.5 Å². The number of fused-ring (bicyclic) bond motifs is 1. The second-order valence-electron chi connectivity index (χ2n) is 6.95. The van der Waals surface area contributed by atoms with Crippen LogP contribution >= 0.6 is 11.6 Å².